The third kappa shape index (κ3) is 4.17. The van der Waals surface area contributed by atoms with E-state index in [-0.39, 0.29) is 5.91 Å². The molecule has 4 heteroatoms. The van der Waals surface area contributed by atoms with E-state index in [4.69, 9.17) is 0 Å². The minimum absolute atomic E-state index is 0.121. The zero-order valence-electron chi connectivity index (χ0n) is 11.1. The quantitative estimate of drug-likeness (QED) is 0.874. The Bertz CT molecular complexity index is 523. The molecule has 0 atom stereocenters. The molecule has 2 rings (SSSR count). The molecule has 2 aromatic heterocycles. The van der Waals surface area contributed by atoms with Gasteiger partial charge in [-0.05, 0) is 35.6 Å². The lowest BCUT2D eigenvalue weighted by molar-refractivity contribution is -0.121. The SMILES string of the molecule is CCCCC(=O)NCc1ccnc(-c2ccsc2)c1. The minimum atomic E-state index is 0.121. The molecule has 0 saturated carbocycles. The summed E-state index contributed by atoms with van der Waals surface area (Å²) >= 11 is 1.66. The lowest BCUT2D eigenvalue weighted by atomic mass is 10.1. The second kappa shape index (κ2) is 7.04. The molecule has 0 aliphatic heterocycles. The van der Waals surface area contributed by atoms with Crippen LogP contribution in [0.2, 0.25) is 0 Å². The summed E-state index contributed by atoms with van der Waals surface area (Å²) in [5, 5.41) is 7.06. The van der Waals surface area contributed by atoms with E-state index < -0.39 is 0 Å². The van der Waals surface area contributed by atoms with Gasteiger partial charge in [0.2, 0.25) is 5.91 Å². The summed E-state index contributed by atoms with van der Waals surface area (Å²) in [7, 11) is 0. The summed E-state index contributed by atoms with van der Waals surface area (Å²) in [5.41, 5.74) is 3.17. The second-order valence-electron chi connectivity index (χ2n) is 4.44. The molecule has 0 saturated heterocycles. The van der Waals surface area contributed by atoms with Crippen LogP contribution < -0.4 is 5.32 Å². The van der Waals surface area contributed by atoms with Gasteiger partial charge in [-0.25, -0.2) is 0 Å². The zero-order valence-corrected chi connectivity index (χ0v) is 11.9. The fraction of sp³-hybridized carbons (Fsp3) is 0.333. The Hall–Kier alpha value is -1.68. The van der Waals surface area contributed by atoms with E-state index in [2.05, 4.69) is 28.7 Å². The topological polar surface area (TPSA) is 42.0 Å². The maximum absolute atomic E-state index is 11.6. The van der Waals surface area contributed by atoms with E-state index >= 15 is 0 Å². The van der Waals surface area contributed by atoms with Crippen LogP contribution in [0.1, 0.15) is 31.7 Å². The third-order valence-electron chi connectivity index (χ3n) is 2.89. The van der Waals surface area contributed by atoms with E-state index in [1.807, 2.05) is 17.5 Å². The number of carbonyl (C=O) groups is 1. The van der Waals surface area contributed by atoms with Crippen LogP contribution in [-0.2, 0) is 11.3 Å². The minimum Gasteiger partial charge on any atom is -0.352 e. The van der Waals surface area contributed by atoms with E-state index in [0.29, 0.717) is 13.0 Å². The van der Waals surface area contributed by atoms with Gasteiger partial charge in [0.25, 0.3) is 0 Å². The van der Waals surface area contributed by atoms with Crippen molar-refractivity contribution < 1.29 is 4.79 Å². The first-order valence-electron chi connectivity index (χ1n) is 6.54. The second-order valence-corrected chi connectivity index (χ2v) is 5.22. The van der Waals surface area contributed by atoms with Crippen LogP contribution >= 0.6 is 11.3 Å². The maximum Gasteiger partial charge on any atom is 0.220 e. The molecule has 0 aliphatic rings. The highest BCUT2D eigenvalue weighted by atomic mass is 32.1. The Morgan fingerprint density at radius 2 is 2.32 bits per heavy atom. The van der Waals surface area contributed by atoms with Crippen molar-refractivity contribution in [1.29, 1.82) is 0 Å². The van der Waals surface area contributed by atoms with Crippen molar-refractivity contribution >= 4 is 17.2 Å². The van der Waals surface area contributed by atoms with Crippen molar-refractivity contribution in [2.45, 2.75) is 32.7 Å². The van der Waals surface area contributed by atoms with Crippen molar-refractivity contribution in [3.8, 4) is 11.3 Å². The number of nitrogens with zero attached hydrogens (tertiary/aromatic N) is 1. The molecule has 0 spiro atoms. The number of hydrogen-bond donors (Lipinski definition) is 1. The molecule has 0 bridgehead atoms. The van der Waals surface area contributed by atoms with Gasteiger partial charge in [0.05, 0.1) is 5.69 Å². The highest BCUT2D eigenvalue weighted by Gasteiger charge is 2.03. The van der Waals surface area contributed by atoms with Crippen LogP contribution in [-0.4, -0.2) is 10.9 Å². The summed E-state index contributed by atoms with van der Waals surface area (Å²) < 4.78 is 0. The van der Waals surface area contributed by atoms with Crippen LogP contribution in [0.15, 0.2) is 35.2 Å². The molecule has 0 fully saturated rings. The summed E-state index contributed by atoms with van der Waals surface area (Å²) in [5.74, 6) is 0.121. The number of unbranched alkanes of at least 4 members (excludes halogenated alkanes) is 1. The molecule has 1 N–H and O–H groups in total. The first kappa shape index (κ1) is 13.7. The van der Waals surface area contributed by atoms with E-state index in [1.54, 1.807) is 17.5 Å². The fourth-order valence-electron chi connectivity index (χ4n) is 1.78. The summed E-state index contributed by atoms with van der Waals surface area (Å²) in [6.45, 7) is 2.66. The summed E-state index contributed by atoms with van der Waals surface area (Å²) in [6, 6.07) is 6.02. The van der Waals surface area contributed by atoms with Gasteiger partial charge < -0.3 is 5.32 Å². The standard InChI is InChI=1S/C15H18N2OS/c1-2-3-4-15(18)17-10-12-5-7-16-14(9-12)13-6-8-19-11-13/h5-9,11H,2-4,10H2,1H3,(H,17,18). The van der Waals surface area contributed by atoms with Gasteiger partial charge in [0, 0.05) is 30.1 Å². The fourth-order valence-corrected chi connectivity index (χ4v) is 2.43. The van der Waals surface area contributed by atoms with Crippen LogP contribution in [0.25, 0.3) is 11.3 Å². The summed E-state index contributed by atoms with van der Waals surface area (Å²) in [6.07, 6.45) is 4.40. The monoisotopic (exact) mass is 274 g/mol. The van der Waals surface area contributed by atoms with Crippen molar-refractivity contribution in [1.82, 2.24) is 10.3 Å². The highest BCUT2D eigenvalue weighted by Crippen LogP contribution is 2.20. The first-order valence-corrected chi connectivity index (χ1v) is 7.48. The number of nitrogens with one attached hydrogen (secondary N) is 1. The van der Waals surface area contributed by atoms with E-state index in [1.165, 1.54) is 0 Å². The van der Waals surface area contributed by atoms with Gasteiger partial charge >= 0.3 is 0 Å². The molecule has 0 unspecified atom stereocenters. The highest BCUT2D eigenvalue weighted by molar-refractivity contribution is 7.08. The van der Waals surface area contributed by atoms with Crippen LogP contribution in [0, 0.1) is 0 Å². The van der Waals surface area contributed by atoms with Crippen LogP contribution in [0.3, 0.4) is 0 Å². The molecule has 3 nitrogen and oxygen atoms in total. The lowest BCUT2D eigenvalue weighted by Crippen LogP contribution is -2.22. The van der Waals surface area contributed by atoms with Gasteiger partial charge in [-0.3, -0.25) is 9.78 Å². The number of pyridine rings is 1. The van der Waals surface area contributed by atoms with Gasteiger partial charge in [0.1, 0.15) is 0 Å². The Labute approximate surface area is 117 Å². The Morgan fingerprint density at radius 3 is 3.05 bits per heavy atom. The van der Waals surface area contributed by atoms with Gasteiger partial charge in [0.15, 0.2) is 0 Å². The average molecular weight is 274 g/mol. The Balaban J connectivity index is 1.94. The van der Waals surface area contributed by atoms with Crippen LogP contribution in [0.5, 0.6) is 0 Å². The summed E-state index contributed by atoms with van der Waals surface area (Å²) in [4.78, 5) is 15.9. The Morgan fingerprint density at radius 1 is 1.42 bits per heavy atom. The van der Waals surface area contributed by atoms with Crippen molar-refractivity contribution in [2.24, 2.45) is 0 Å². The first-order chi connectivity index (χ1) is 9.29. The molecule has 2 heterocycles. The predicted molar refractivity (Wildman–Crippen MR) is 78.9 cm³/mol. The van der Waals surface area contributed by atoms with Crippen molar-refractivity contribution in [3.05, 3.63) is 40.7 Å². The van der Waals surface area contributed by atoms with Crippen LogP contribution in [0.4, 0.5) is 0 Å². The zero-order chi connectivity index (χ0) is 13.5. The number of thiophene rings is 1. The number of amides is 1. The molecular formula is C15H18N2OS. The molecule has 19 heavy (non-hydrogen) atoms. The predicted octanol–water partition coefficient (Wildman–Crippen LogP) is 3.62. The molecule has 100 valence electrons. The van der Waals surface area contributed by atoms with Gasteiger partial charge in [-0.2, -0.15) is 11.3 Å². The molecule has 1 amide bonds. The number of hydrogen-bond acceptors (Lipinski definition) is 3. The molecule has 0 aliphatic carbocycles. The smallest absolute Gasteiger partial charge is 0.220 e. The number of rotatable bonds is 6. The van der Waals surface area contributed by atoms with E-state index in [9.17, 15) is 4.79 Å². The Kier molecular flexibility index (Phi) is 5.10. The van der Waals surface area contributed by atoms with E-state index in [0.717, 1.165) is 29.7 Å². The molecular weight excluding hydrogens is 256 g/mol. The number of carbonyl (C=O) groups excluding carboxylic acids is 1. The third-order valence-corrected chi connectivity index (χ3v) is 3.57. The molecule has 0 aromatic carbocycles. The lowest BCUT2D eigenvalue weighted by Gasteiger charge is -2.06. The average Bonchev–Trinajstić information content (AvgIpc) is 2.97. The van der Waals surface area contributed by atoms with Crippen molar-refractivity contribution in [3.63, 3.8) is 0 Å². The molecule has 0 radical (unpaired) electrons. The maximum atomic E-state index is 11.6. The van der Waals surface area contributed by atoms with Gasteiger partial charge in [-0.1, -0.05) is 13.3 Å². The van der Waals surface area contributed by atoms with Gasteiger partial charge in [-0.15, -0.1) is 0 Å². The van der Waals surface area contributed by atoms with Crippen molar-refractivity contribution in [2.75, 3.05) is 0 Å². The normalized spacial score (nSPS) is 10.4. The molecule has 2 aromatic rings. The largest absolute Gasteiger partial charge is 0.352 e. The number of aromatic nitrogens is 1.